The first-order valence-corrected chi connectivity index (χ1v) is 7.26. The highest BCUT2D eigenvalue weighted by Crippen LogP contribution is 2.26. The van der Waals surface area contributed by atoms with E-state index in [1.807, 2.05) is 49.9 Å². The van der Waals surface area contributed by atoms with Gasteiger partial charge in [-0.2, -0.15) is 0 Å². The minimum Gasteiger partial charge on any atom is -0.378 e. The third-order valence-corrected chi connectivity index (χ3v) is 3.75. The Labute approximate surface area is 120 Å². The summed E-state index contributed by atoms with van der Waals surface area (Å²) in [5.74, 6) is 0.131. The van der Waals surface area contributed by atoms with E-state index >= 15 is 0 Å². The number of anilines is 1. The van der Waals surface area contributed by atoms with Gasteiger partial charge in [0.2, 0.25) is 5.91 Å². The summed E-state index contributed by atoms with van der Waals surface area (Å²) in [6, 6.07) is 8.03. The zero-order valence-electron chi connectivity index (χ0n) is 12.5. The van der Waals surface area contributed by atoms with Crippen molar-refractivity contribution < 1.29 is 9.53 Å². The van der Waals surface area contributed by atoms with Crippen molar-refractivity contribution in [2.24, 2.45) is 11.7 Å². The number of nitrogens with zero attached hydrogens (tertiary/aromatic N) is 1. The van der Waals surface area contributed by atoms with E-state index < -0.39 is 0 Å². The van der Waals surface area contributed by atoms with E-state index in [9.17, 15) is 4.79 Å². The highest BCUT2D eigenvalue weighted by molar-refractivity contribution is 5.95. The van der Waals surface area contributed by atoms with E-state index in [2.05, 4.69) is 0 Å². The molecule has 2 N–H and O–H groups in total. The number of ether oxygens (including phenoxy) is 1. The molecular formula is C16H24N2O2. The summed E-state index contributed by atoms with van der Waals surface area (Å²) in [6.45, 7) is 7.14. The molecule has 0 radical (unpaired) electrons. The first-order chi connectivity index (χ1) is 9.52. The zero-order valence-corrected chi connectivity index (χ0v) is 12.5. The van der Waals surface area contributed by atoms with Crippen molar-refractivity contribution in [2.75, 3.05) is 11.5 Å². The number of amides is 1. The predicted molar refractivity (Wildman–Crippen MR) is 80.5 cm³/mol. The van der Waals surface area contributed by atoms with Gasteiger partial charge in [-0.3, -0.25) is 4.79 Å². The summed E-state index contributed by atoms with van der Waals surface area (Å²) < 4.78 is 5.52. The molecule has 0 aliphatic carbocycles. The van der Waals surface area contributed by atoms with Crippen LogP contribution in [-0.4, -0.2) is 24.7 Å². The maximum Gasteiger partial charge on any atom is 0.232 e. The maximum absolute atomic E-state index is 12.7. The average molecular weight is 276 g/mol. The molecule has 1 amide bonds. The molecule has 1 aromatic rings. The van der Waals surface area contributed by atoms with Gasteiger partial charge in [0.05, 0.1) is 18.6 Å². The van der Waals surface area contributed by atoms with Crippen LogP contribution in [0.2, 0.25) is 0 Å². The predicted octanol–water partition coefficient (Wildman–Crippen LogP) is 2.31. The van der Waals surface area contributed by atoms with Crippen LogP contribution >= 0.6 is 0 Å². The fourth-order valence-corrected chi connectivity index (χ4v) is 2.66. The largest absolute Gasteiger partial charge is 0.378 e. The molecule has 4 heteroatoms. The van der Waals surface area contributed by atoms with Crippen molar-refractivity contribution in [1.82, 2.24) is 0 Å². The molecule has 1 aromatic carbocycles. The standard InChI is InChI=1S/C16H24N2O2/c1-11(2)18(15-6-4-13(9-17)5-7-15)16(19)14-8-12(3)20-10-14/h4-7,11-12,14H,8-10,17H2,1-3H3. The third kappa shape index (κ3) is 3.19. The Morgan fingerprint density at radius 1 is 1.40 bits per heavy atom. The Bertz CT molecular complexity index is 456. The minimum atomic E-state index is -0.0263. The molecule has 0 saturated carbocycles. The fourth-order valence-electron chi connectivity index (χ4n) is 2.66. The highest BCUT2D eigenvalue weighted by Gasteiger charge is 2.33. The topological polar surface area (TPSA) is 55.6 Å². The van der Waals surface area contributed by atoms with E-state index in [1.165, 1.54) is 0 Å². The summed E-state index contributed by atoms with van der Waals surface area (Å²) >= 11 is 0. The van der Waals surface area contributed by atoms with Crippen LogP contribution in [0.25, 0.3) is 0 Å². The van der Waals surface area contributed by atoms with Gasteiger partial charge in [-0.15, -0.1) is 0 Å². The van der Waals surface area contributed by atoms with Crippen molar-refractivity contribution in [3.05, 3.63) is 29.8 Å². The van der Waals surface area contributed by atoms with Crippen LogP contribution in [0.4, 0.5) is 5.69 Å². The fraction of sp³-hybridized carbons (Fsp3) is 0.562. The van der Waals surface area contributed by atoms with Crippen molar-refractivity contribution in [3.8, 4) is 0 Å². The molecule has 1 heterocycles. The SMILES string of the molecule is CC1CC(C(=O)N(c2ccc(CN)cc2)C(C)C)CO1. The van der Waals surface area contributed by atoms with Gasteiger partial charge in [0.1, 0.15) is 0 Å². The second-order valence-electron chi connectivity index (χ2n) is 5.75. The van der Waals surface area contributed by atoms with Crippen LogP contribution in [0, 0.1) is 5.92 Å². The second kappa shape index (κ2) is 6.37. The molecule has 110 valence electrons. The van der Waals surface area contributed by atoms with Gasteiger partial charge in [-0.05, 0) is 44.9 Å². The van der Waals surface area contributed by atoms with Gasteiger partial charge in [-0.25, -0.2) is 0 Å². The van der Waals surface area contributed by atoms with Gasteiger partial charge in [0.15, 0.2) is 0 Å². The van der Waals surface area contributed by atoms with E-state index in [0.717, 1.165) is 17.7 Å². The molecule has 0 spiro atoms. The smallest absolute Gasteiger partial charge is 0.232 e. The van der Waals surface area contributed by atoms with Crippen molar-refractivity contribution in [1.29, 1.82) is 0 Å². The second-order valence-corrected chi connectivity index (χ2v) is 5.75. The van der Waals surface area contributed by atoms with Gasteiger partial charge in [0, 0.05) is 18.3 Å². The molecule has 1 fully saturated rings. The molecule has 4 nitrogen and oxygen atoms in total. The third-order valence-electron chi connectivity index (χ3n) is 3.75. The quantitative estimate of drug-likeness (QED) is 0.918. The highest BCUT2D eigenvalue weighted by atomic mass is 16.5. The molecule has 20 heavy (non-hydrogen) atoms. The maximum atomic E-state index is 12.7. The molecule has 1 aliphatic rings. The number of hydrogen-bond donors (Lipinski definition) is 1. The number of rotatable bonds is 4. The van der Waals surface area contributed by atoms with Crippen LogP contribution in [0.15, 0.2) is 24.3 Å². The van der Waals surface area contributed by atoms with Crippen LogP contribution in [0.3, 0.4) is 0 Å². The Morgan fingerprint density at radius 2 is 2.05 bits per heavy atom. The molecule has 2 rings (SSSR count). The Hall–Kier alpha value is -1.39. The monoisotopic (exact) mass is 276 g/mol. The van der Waals surface area contributed by atoms with Crippen molar-refractivity contribution >= 4 is 11.6 Å². The van der Waals surface area contributed by atoms with Crippen LogP contribution in [0.1, 0.15) is 32.8 Å². The first kappa shape index (κ1) is 15.0. The van der Waals surface area contributed by atoms with Crippen molar-refractivity contribution in [2.45, 2.75) is 45.9 Å². The number of nitrogens with two attached hydrogens (primary N) is 1. The first-order valence-electron chi connectivity index (χ1n) is 7.26. The Kier molecular flexibility index (Phi) is 4.78. The molecule has 1 saturated heterocycles. The normalized spacial score (nSPS) is 22.2. The van der Waals surface area contributed by atoms with Gasteiger partial charge in [-0.1, -0.05) is 12.1 Å². The summed E-state index contributed by atoms with van der Waals surface area (Å²) in [6.07, 6.45) is 0.987. The summed E-state index contributed by atoms with van der Waals surface area (Å²) in [5.41, 5.74) is 7.62. The number of hydrogen-bond acceptors (Lipinski definition) is 3. The van der Waals surface area contributed by atoms with Gasteiger partial charge < -0.3 is 15.4 Å². The van der Waals surface area contributed by atoms with Crippen LogP contribution in [0.5, 0.6) is 0 Å². The minimum absolute atomic E-state index is 0.0263. The average Bonchev–Trinajstić information content (AvgIpc) is 2.86. The molecule has 2 unspecified atom stereocenters. The van der Waals surface area contributed by atoms with E-state index in [1.54, 1.807) is 0 Å². The summed E-state index contributed by atoms with van der Waals surface area (Å²) in [4.78, 5) is 14.6. The molecule has 0 aromatic heterocycles. The lowest BCUT2D eigenvalue weighted by Crippen LogP contribution is -2.41. The van der Waals surface area contributed by atoms with Crippen LogP contribution < -0.4 is 10.6 Å². The summed E-state index contributed by atoms with van der Waals surface area (Å²) in [5, 5.41) is 0. The van der Waals surface area contributed by atoms with E-state index in [0.29, 0.717) is 13.2 Å². The number of carbonyl (C=O) groups excluding carboxylic acids is 1. The van der Waals surface area contributed by atoms with Gasteiger partial charge in [0.25, 0.3) is 0 Å². The zero-order chi connectivity index (χ0) is 14.7. The molecule has 2 atom stereocenters. The van der Waals surface area contributed by atoms with E-state index in [4.69, 9.17) is 10.5 Å². The van der Waals surface area contributed by atoms with Crippen LogP contribution in [-0.2, 0) is 16.1 Å². The molecule has 0 bridgehead atoms. The lowest BCUT2D eigenvalue weighted by Gasteiger charge is -2.29. The lowest BCUT2D eigenvalue weighted by atomic mass is 10.0. The van der Waals surface area contributed by atoms with E-state index in [-0.39, 0.29) is 24.0 Å². The number of benzene rings is 1. The van der Waals surface area contributed by atoms with Crippen molar-refractivity contribution in [3.63, 3.8) is 0 Å². The molecular weight excluding hydrogens is 252 g/mol. The lowest BCUT2D eigenvalue weighted by molar-refractivity contribution is -0.122. The Morgan fingerprint density at radius 3 is 2.50 bits per heavy atom. The molecule has 1 aliphatic heterocycles. The number of carbonyl (C=O) groups is 1. The summed E-state index contributed by atoms with van der Waals surface area (Å²) in [7, 11) is 0. The van der Waals surface area contributed by atoms with Gasteiger partial charge >= 0.3 is 0 Å². The Balaban J connectivity index is 2.19.